The summed E-state index contributed by atoms with van der Waals surface area (Å²) in [4.78, 5) is 20.2. The van der Waals surface area contributed by atoms with E-state index in [0.717, 1.165) is 43.4 Å². The summed E-state index contributed by atoms with van der Waals surface area (Å²) in [5, 5.41) is 10.5. The average molecular weight is 725 g/mol. The molecule has 4 aromatic rings. The molecule has 2 N–H and O–H groups in total. The number of nitrogens with zero attached hydrogens (tertiary/aromatic N) is 7. The zero-order valence-corrected chi connectivity index (χ0v) is 29.6. The van der Waals surface area contributed by atoms with Crippen LogP contribution in [0.25, 0.3) is 32.2 Å². The van der Waals surface area contributed by atoms with Crippen molar-refractivity contribution in [2.75, 3.05) is 64.7 Å². The predicted molar refractivity (Wildman–Crippen MR) is 187 cm³/mol. The van der Waals surface area contributed by atoms with Gasteiger partial charge in [0.15, 0.2) is 5.82 Å². The summed E-state index contributed by atoms with van der Waals surface area (Å²) in [5.41, 5.74) is 5.14. The highest BCUT2D eigenvalue weighted by molar-refractivity contribution is 7.23. The third kappa shape index (κ3) is 5.75. The molecule has 4 aliphatic rings. The molecule has 2 saturated carbocycles. The molecule has 270 valence electrons. The van der Waals surface area contributed by atoms with Crippen LogP contribution in [0.2, 0.25) is 0 Å². The summed E-state index contributed by atoms with van der Waals surface area (Å²) >= 11 is 0.915. The van der Waals surface area contributed by atoms with Crippen LogP contribution in [0.5, 0.6) is 6.01 Å². The molecule has 2 bridgehead atoms. The second-order valence-electron chi connectivity index (χ2n) is 15.2. The lowest BCUT2D eigenvalue weighted by atomic mass is 9.66. The number of ether oxygens (including phenoxy) is 2. The monoisotopic (exact) mass is 724 g/mol. The average Bonchev–Trinajstić information content (AvgIpc) is 3.49. The molecule has 2 aliphatic carbocycles. The van der Waals surface area contributed by atoms with Crippen LogP contribution in [0, 0.1) is 28.4 Å². The Balaban J connectivity index is 1.20. The van der Waals surface area contributed by atoms with Gasteiger partial charge in [0.2, 0.25) is 5.92 Å². The number of benzene rings is 1. The number of morpholine rings is 1. The Morgan fingerprint density at radius 3 is 2.47 bits per heavy atom. The number of nitriles is 1. The van der Waals surface area contributed by atoms with E-state index in [0.29, 0.717) is 37.5 Å². The number of rotatable bonds is 10. The standard InChI is InChI=1S/C36H40F4N8O2S/c1-46(2)35(9-4-10-35)18-47(3)32-24-12-43-28(22-7-8-25(37)30-26(22)23(11-41)31(42)51-30)27(38)29(24)44-33(45-32)50-19-34(15-36(39,40)16-34)17-48-20-5-6-21(48)14-49-13-20/h7-8,12,20-21H,4-6,9-10,13-19,42H2,1-3H3. The highest BCUT2D eigenvalue weighted by Gasteiger charge is 2.59. The first-order valence-electron chi connectivity index (χ1n) is 17.3. The van der Waals surface area contributed by atoms with E-state index in [1.54, 1.807) is 0 Å². The van der Waals surface area contributed by atoms with Crippen LogP contribution >= 0.6 is 11.3 Å². The maximum atomic E-state index is 16.9. The zero-order valence-electron chi connectivity index (χ0n) is 28.8. The number of anilines is 2. The van der Waals surface area contributed by atoms with Gasteiger partial charge in [0.25, 0.3) is 0 Å². The van der Waals surface area contributed by atoms with Crippen molar-refractivity contribution in [3.05, 3.63) is 35.5 Å². The SMILES string of the molecule is CN(CC1(N(C)C)CCC1)c1nc(OCC2(CN3C4CCC3COC4)CC(F)(F)C2)nc2c(F)c(-c3ccc(F)c4sc(N)c(C#N)c34)ncc12. The molecular weight excluding hydrogens is 685 g/mol. The molecule has 0 amide bonds. The van der Waals surface area contributed by atoms with Crippen molar-refractivity contribution in [3.63, 3.8) is 0 Å². The maximum Gasteiger partial charge on any atom is 0.319 e. The second-order valence-corrected chi connectivity index (χ2v) is 16.2. The van der Waals surface area contributed by atoms with Gasteiger partial charge in [-0.2, -0.15) is 15.2 Å². The molecular formula is C36H40F4N8O2S. The van der Waals surface area contributed by atoms with Crippen LogP contribution in [0.4, 0.5) is 28.4 Å². The van der Waals surface area contributed by atoms with Crippen LogP contribution in [-0.2, 0) is 4.74 Å². The molecule has 8 rings (SSSR count). The van der Waals surface area contributed by atoms with Gasteiger partial charge in [-0.25, -0.2) is 17.6 Å². The Kier molecular flexibility index (Phi) is 8.32. The van der Waals surface area contributed by atoms with E-state index in [1.807, 2.05) is 32.1 Å². The number of thiophene rings is 1. The van der Waals surface area contributed by atoms with Crippen molar-refractivity contribution in [1.29, 1.82) is 5.26 Å². The van der Waals surface area contributed by atoms with E-state index in [-0.39, 0.29) is 80.5 Å². The highest BCUT2D eigenvalue weighted by Crippen LogP contribution is 2.54. The van der Waals surface area contributed by atoms with E-state index >= 15 is 4.39 Å². The topological polar surface area (TPSA) is 117 Å². The zero-order chi connectivity index (χ0) is 35.9. The van der Waals surface area contributed by atoms with Gasteiger partial charge < -0.3 is 25.0 Å². The fourth-order valence-corrected chi connectivity index (χ4v) is 9.74. The predicted octanol–water partition coefficient (Wildman–Crippen LogP) is 6.22. The van der Waals surface area contributed by atoms with Crippen molar-refractivity contribution in [2.24, 2.45) is 5.41 Å². The van der Waals surface area contributed by atoms with E-state index in [9.17, 15) is 18.4 Å². The lowest BCUT2D eigenvalue weighted by Gasteiger charge is -2.51. The van der Waals surface area contributed by atoms with Crippen molar-refractivity contribution in [3.8, 4) is 23.3 Å². The molecule has 2 aliphatic heterocycles. The first-order chi connectivity index (χ1) is 24.3. The molecule has 3 aromatic heterocycles. The van der Waals surface area contributed by atoms with Crippen LogP contribution in [-0.4, -0.2) is 102 Å². The van der Waals surface area contributed by atoms with E-state index in [1.165, 1.54) is 18.3 Å². The van der Waals surface area contributed by atoms with Gasteiger partial charge in [0.05, 0.1) is 35.5 Å². The quantitative estimate of drug-likeness (QED) is 0.189. The molecule has 4 fully saturated rings. The number of fused-ring (bicyclic) bond motifs is 4. The number of likely N-dealkylation sites (N-methyl/N-ethyl adjacent to an activating group) is 2. The minimum atomic E-state index is -2.80. The van der Waals surface area contributed by atoms with Crippen molar-refractivity contribution in [2.45, 2.75) is 68.5 Å². The number of alkyl halides is 2. The molecule has 1 aromatic carbocycles. The maximum absolute atomic E-state index is 16.9. The summed E-state index contributed by atoms with van der Waals surface area (Å²) in [6, 6.07) is 4.86. The molecule has 10 nitrogen and oxygen atoms in total. The first kappa shape index (κ1) is 34.3. The second kappa shape index (κ2) is 12.4. The van der Waals surface area contributed by atoms with Crippen LogP contribution in [0.1, 0.15) is 50.5 Å². The Hall–Kier alpha value is -3.84. The summed E-state index contributed by atoms with van der Waals surface area (Å²) in [7, 11) is 5.95. The Bertz CT molecular complexity index is 2040. The van der Waals surface area contributed by atoms with E-state index < -0.39 is 23.0 Å². The third-order valence-electron chi connectivity index (χ3n) is 11.6. The number of hydrogen-bond donors (Lipinski definition) is 1. The molecule has 0 spiro atoms. The number of hydrogen-bond acceptors (Lipinski definition) is 11. The normalized spacial score (nSPS) is 23.3. The fraction of sp³-hybridized carbons (Fsp3) is 0.556. The minimum absolute atomic E-state index is 0.0451. The van der Waals surface area contributed by atoms with Crippen LogP contribution < -0.4 is 15.4 Å². The Morgan fingerprint density at radius 2 is 1.84 bits per heavy atom. The number of pyridine rings is 1. The Labute approximate surface area is 297 Å². The molecule has 0 radical (unpaired) electrons. The largest absolute Gasteiger partial charge is 0.463 e. The third-order valence-corrected chi connectivity index (χ3v) is 12.7. The van der Waals surface area contributed by atoms with E-state index in [4.69, 9.17) is 20.2 Å². The molecule has 51 heavy (non-hydrogen) atoms. The molecule has 2 saturated heterocycles. The van der Waals surface area contributed by atoms with Gasteiger partial charge in [0.1, 0.15) is 33.9 Å². The molecule has 15 heteroatoms. The Morgan fingerprint density at radius 1 is 1.12 bits per heavy atom. The minimum Gasteiger partial charge on any atom is -0.463 e. The van der Waals surface area contributed by atoms with Crippen molar-refractivity contribution < 1.29 is 27.0 Å². The van der Waals surface area contributed by atoms with Gasteiger partial charge in [-0.15, -0.1) is 11.3 Å². The number of halogens is 4. The summed E-state index contributed by atoms with van der Waals surface area (Å²) in [6.07, 6.45) is 5.84. The number of aromatic nitrogens is 3. The fourth-order valence-electron chi connectivity index (χ4n) is 8.79. The van der Waals surface area contributed by atoms with Gasteiger partial charge in [-0.05, 0) is 58.3 Å². The smallest absolute Gasteiger partial charge is 0.319 e. The number of nitrogen functional groups attached to an aromatic ring is 1. The first-order valence-corrected chi connectivity index (χ1v) is 18.1. The summed E-state index contributed by atoms with van der Waals surface area (Å²) in [5.74, 6) is -3.80. The van der Waals surface area contributed by atoms with Crippen molar-refractivity contribution in [1.82, 2.24) is 24.8 Å². The van der Waals surface area contributed by atoms with Gasteiger partial charge in [0, 0.05) is 73.2 Å². The highest BCUT2D eigenvalue weighted by atomic mass is 32.1. The summed E-state index contributed by atoms with van der Waals surface area (Å²) < 4.78 is 73.0. The van der Waals surface area contributed by atoms with Crippen LogP contribution in [0.3, 0.4) is 0 Å². The molecule has 2 atom stereocenters. The molecule has 2 unspecified atom stereocenters. The van der Waals surface area contributed by atoms with Gasteiger partial charge in [-0.1, -0.05) is 0 Å². The lowest BCUT2D eigenvalue weighted by molar-refractivity contribution is -0.188. The lowest BCUT2D eigenvalue weighted by Crippen LogP contribution is -2.59. The van der Waals surface area contributed by atoms with Gasteiger partial charge in [-0.3, -0.25) is 9.88 Å². The molecule has 5 heterocycles. The van der Waals surface area contributed by atoms with E-state index in [2.05, 4.69) is 19.8 Å². The van der Waals surface area contributed by atoms with Crippen molar-refractivity contribution >= 4 is 43.1 Å². The van der Waals surface area contributed by atoms with Crippen LogP contribution in [0.15, 0.2) is 18.3 Å². The van der Waals surface area contributed by atoms with Gasteiger partial charge >= 0.3 is 6.01 Å². The number of nitrogens with two attached hydrogens (primary N) is 1. The summed E-state index contributed by atoms with van der Waals surface area (Å²) in [6.45, 7) is 2.15.